The zero-order valence-electron chi connectivity index (χ0n) is 15.5. The molecule has 0 atom stereocenters. The summed E-state index contributed by atoms with van der Waals surface area (Å²) in [7, 11) is 1.39. The molecule has 0 aliphatic heterocycles. The fraction of sp³-hybridized carbons (Fsp3) is 0.150. The van der Waals surface area contributed by atoms with E-state index in [4.69, 9.17) is 26.2 Å². The predicted octanol–water partition coefficient (Wildman–Crippen LogP) is 4.43. The number of aliphatic carboxylic acids is 1. The second-order valence-corrected chi connectivity index (χ2v) is 7.09. The smallest absolute Gasteiger partial charge is 0.341 e. The molecule has 9 heteroatoms. The van der Waals surface area contributed by atoms with Gasteiger partial charge in [0.15, 0.2) is 18.1 Å². The summed E-state index contributed by atoms with van der Waals surface area (Å²) in [4.78, 5) is 23.2. The van der Waals surface area contributed by atoms with Gasteiger partial charge in [-0.15, -0.1) is 0 Å². The molecule has 2 aromatic rings. The van der Waals surface area contributed by atoms with Crippen molar-refractivity contribution < 1.29 is 24.2 Å². The maximum Gasteiger partial charge on any atom is 0.341 e. The second-order valence-electron chi connectivity index (χ2n) is 5.80. The molecular formula is C20H16BrClN2O5. The number of carbonyl (C=O) groups excluding carboxylic acids is 1. The van der Waals surface area contributed by atoms with Gasteiger partial charge in [0, 0.05) is 10.7 Å². The van der Waals surface area contributed by atoms with E-state index in [9.17, 15) is 14.9 Å². The molecule has 0 radical (unpaired) electrons. The van der Waals surface area contributed by atoms with E-state index in [0.717, 1.165) is 5.56 Å². The first-order valence-electron chi connectivity index (χ1n) is 8.16. The van der Waals surface area contributed by atoms with E-state index >= 15 is 0 Å². The number of aryl methyl sites for hydroxylation is 1. The summed E-state index contributed by atoms with van der Waals surface area (Å²) in [6, 6.07) is 10.0. The minimum Gasteiger partial charge on any atom is -0.493 e. The molecule has 0 unspecified atom stereocenters. The van der Waals surface area contributed by atoms with Gasteiger partial charge in [0.25, 0.3) is 5.91 Å². The van der Waals surface area contributed by atoms with Gasteiger partial charge in [0.05, 0.1) is 11.6 Å². The predicted molar refractivity (Wildman–Crippen MR) is 112 cm³/mol. The van der Waals surface area contributed by atoms with Gasteiger partial charge in [-0.2, -0.15) is 5.26 Å². The highest BCUT2D eigenvalue weighted by molar-refractivity contribution is 9.10. The monoisotopic (exact) mass is 478 g/mol. The molecule has 0 bridgehead atoms. The Morgan fingerprint density at radius 3 is 2.69 bits per heavy atom. The first-order chi connectivity index (χ1) is 13.7. The summed E-state index contributed by atoms with van der Waals surface area (Å²) >= 11 is 9.24. The van der Waals surface area contributed by atoms with Gasteiger partial charge in [-0.25, -0.2) is 4.79 Å². The maximum absolute atomic E-state index is 12.5. The molecule has 7 nitrogen and oxygen atoms in total. The van der Waals surface area contributed by atoms with Gasteiger partial charge in [-0.3, -0.25) is 4.79 Å². The fourth-order valence-corrected chi connectivity index (χ4v) is 3.08. The molecule has 29 heavy (non-hydrogen) atoms. The molecule has 0 heterocycles. The fourth-order valence-electron chi connectivity index (χ4n) is 2.33. The van der Waals surface area contributed by atoms with Crippen LogP contribution in [0.15, 0.2) is 40.4 Å². The average molecular weight is 480 g/mol. The van der Waals surface area contributed by atoms with E-state index in [1.807, 2.05) is 6.07 Å². The van der Waals surface area contributed by atoms with E-state index in [1.165, 1.54) is 19.3 Å². The molecule has 150 valence electrons. The van der Waals surface area contributed by atoms with Crippen LogP contribution in [0.1, 0.15) is 11.1 Å². The van der Waals surface area contributed by atoms with Gasteiger partial charge in [-0.1, -0.05) is 17.7 Å². The van der Waals surface area contributed by atoms with Crippen LogP contribution in [0.4, 0.5) is 5.69 Å². The molecule has 0 saturated carbocycles. The van der Waals surface area contributed by atoms with Crippen LogP contribution in [-0.4, -0.2) is 30.7 Å². The maximum atomic E-state index is 12.5. The number of nitrogens with one attached hydrogen (secondary N) is 1. The lowest BCUT2D eigenvalue weighted by Crippen LogP contribution is -2.14. The number of halogens is 2. The van der Waals surface area contributed by atoms with E-state index in [2.05, 4.69) is 21.2 Å². The number of carboxylic acids is 1. The molecule has 2 aromatic carbocycles. The van der Waals surface area contributed by atoms with E-state index in [0.29, 0.717) is 20.7 Å². The first-order valence-corrected chi connectivity index (χ1v) is 9.33. The Hall–Kier alpha value is -3.02. The number of methoxy groups -OCH3 is 1. The third-order valence-corrected chi connectivity index (χ3v) is 4.54. The van der Waals surface area contributed by atoms with E-state index < -0.39 is 18.5 Å². The van der Waals surface area contributed by atoms with Crippen LogP contribution in [0.5, 0.6) is 11.5 Å². The Morgan fingerprint density at radius 1 is 1.34 bits per heavy atom. The minimum absolute atomic E-state index is 0.141. The normalized spacial score (nSPS) is 10.8. The molecular weight excluding hydrogens is 464 g/mol. The summed E-state index contributed by atoms with van der Waals surface area (Å²) in [6.45, 7) is 1.26. The molecule has 0 fully saturated rings. The standard InChI is InChI=1S/C20H16BrClN2O5/c1-11-3-4-14(22)8-16(11)24-20(27)13(9-23)5-12-6-15(21)19(17(7-12)28-2)29-10-18(25)26/h3-8H,10H2,1-2H3,(H,24,27)(H,25,26)/b13-5+. The number of anilines is 1. The molecule has 2 N–H and O–H groups in total. The Labute approximate surface area is 180 Å². The van der Waals surface area contributed by atoms with Crippen LogP contribution in [-0.2, 0) is 9.59 Å². The van der Waals surface area contributed by atoms with Gasteiger partial charge in [0.1, 0.15) is 11.6 Å². The molecule has 0 spiro atoms. The van der Waals surface area contributed by atoms with E-state index in [-0.39, 0.29) is 17.1 Å². The van der Waals surface area contributed by atoms with Crippen molar-refractivity contribution in [1.29, 1.82) is 5.26 Å². The van der Waals surface area contributed by atoms with Crippen LogP contribution in [0, 0.1) is 18.3 Å². The highest BCUT2D eigenvalue weighted by Crippen LogP contribution is 2.37. The number of hydrogen-bond donors (Lipinski definition) is 2. The number of amides is 1. The zero-order chi connectivity index (χ0) is 21.6. The van der Waals surface area contributed by atoms with Gasteiger partial charge in [0.2, 0.25) is 0 Å². The number of nitriles is 1. The first kappa shape index (κ1) is 22.3. The molecule has 1 amide bonds. The summed E-state index contributed by atoms with van der Waals surface area (Å²) in [5.74, 6) is -1.29. The molecule has 2 rings (SSSR count). The van der Waals surface area contributed by atoms with Crippen molar-refractivity contribution in [3.63, 3.8) is 0 Å². The summed E-state index contributed by atoms with van der Waals surface area (Å²) in [5.41, 5.74) is 1.63. The van der Waals surface area contributed by atoms with Gasteiger partial charge in [-0.05, 0) is 64.3 Å². The minimum atomic E-state index is -1.14. The Bertz CT molecular complexity index is 1030. The lowest BCUT2D eigenvalue weighted by Gasteiger charge is -2.12. The lowest BCUT2D eigenvalue weighted by atomic mass is 10.1. The highest BCUT2D eigenvalue weighted by Gasteiger charge is 2.15. The van der Waals surface area contributed by atoms with Crippen molar-refractivity contribution in [2.24, 2.45) is 0 Å². The average Bonchev–Trinajstić information content (AvgIpc) is 2.67. The van der Waals surface area contributed by atoms with Crippen molar-refractivity contribution in [2.45, 2.75) is 6.92 Å². The van der Waals surface area contributed by atoms with Gasteiger partial charge >= 0.3 is 5.97 Å². The summed E-state index contributed by atoms with van der Waals surface area (Å²) < 4.78 is 10.8. The quantitative estimate of drug-likeness (QED) is 0.449. The molecule has 0 aliphatic rings. The molecule has 0 aliphatic carbocycles. The summed E-state index contributed by atoms with van der Waals surface area (Å²) in [6.07, 6.45) is 1.38. The van der Waals surface area contributed by atoms with Crippen molar-refractivity contribution in [3.05, 3.63) is 56.5 Å². The Kier molecular flexibility index (Phi) is 7.65. The lowest BCUT2D eigenvalue weighted by molar-refractivity contribution is -0.139. The number of hydrogen-bond acceptors (Lipinski definition) is 5. The van der Waals surface area contributed by atoms with Gasteiger partial charge < -0.3 is 19.9 Å². The van der Waals surface area contributed by atoms with Crippen LogP contribution in [0.2, 0.25) is 5.02 Å². The number of benzene rings is 2. The highest BCUT2D eigenvalue weighted by atomic mass is 79.9. The third-order valence-electron chi connectivity index (χ3n) is 3.72. The largest absolute Gasteiger partial charge is 0.493 e. The number of carboxylic acid groups (broad SMARTS) is 1. The Morgan fingerprint density at radius 2 is 2.07 bits per heavy atom. The number of carbonyl (C=O) groups is 2. The second kappa shape index (κ2) is 9.96. The zero-order valence-corrected chi connectivity index (χ0v) is 17.8. The molecule has 0 aromatic heterocycles. The number of nitrogens with zero attached hydrogens (tertiary/aromatic N) is 1. The van der Waals surface area contributed by atoms with Crippen molar-refractivity contribution in [3.8, 4) is 17.6 Å². The topological polar surface area (TPSA) is 109 Å². The van der Waals surface area contributed by atoms with Crippen LogP contribution in [0.3, 0.4) is 0 Å². The summed E-state index contributed by atoms with van der Waals surface area (Å²) in [5, 5.41) is 21.3. The Balaban J connectivity index is 2.33. The number of ether oxygens (including phenoxy) is 2. The molecule has 0 saturated heterocycles. The van der Waals surface area contributed by atoms with Crippen molar-refractivity contribution in [2.75, 3.05) is 19.0 Å². The van der Waals surface area contributed by atoms with Crippen molar-refractivity contribution in [1.82, 2.24) is 0 Å². The van der Waals surface area contributed by atoms with E-state index in [1.54, 1.807) is 31.2 Å². The van der Waals surface area contributed by atoms with Crippen LogP contribution >= 0.6 is 27.5 Å². The van der Waals surface area contributed by atoms with Crippen molar-refractivity contribution >= 4 is 51.2 Å². The van der Waals surface area contributed by atoms with Crippen LogP contribution in [0.25, 0.3) is 6.08 Å². The number of rotatable bonds is 7. The van der Waals surface area contributed by atoms with Crippen LogP contribution < -0.4 is 14.8 Å². The third kappa shape index (κ3) is 5.98. The SMILES string of the molecule is COc1cc(/C=C(\C#N)C(=O)Nc2cc(Cl)ccc2C)cc(Br)c1OCC(=O)O.